The molecule has 4 aromatic heterocycles. The number of amides is 1. The Labute approximate surface area is 213 Å². The fraction of sp³-hybridized carbons (Fsp3) is 0.250. The molecule has 1 aromatic carbocycles. The fourth-order valence-electron chi connectivity index (χ4n) is 3.52. The molecule has 0 aliphatic heterocycles. The normalized spacial score (nSPS) is 11.7. The van der Waals surface area contributed by atoms with Crippen molar-refractivity contribution in [2.75, 3.05) is 23.8 Å². The van der Waals surface area contributed by atoms with Crippen molar-refractivity contribution in [1.82, 2.24) is 25.1 Å². The number of nitrogens with zero attached hydrogens (tertiary/aromatic N) is 5. The van der Waals surface area contributed by atoms with Crippen LogP contribution in [0.3, 0.4) is 0 Å². The van der Waals surface area contributed by atoms with Crippen molar-refractivity contribution >= 4 is 49.2 Å². The minimum Gasteiger partial charge on any atom is -0.470 e. The number of aryl methyl sites for hydroxylation is 1. The highest BCUT2D eigenvalue weighted by Crippen LogP contribution is 2.33. The van der Waals surface area contributed by atoms with E-state index in [0.29, 0.717) is 39.4 Å². The van der Waals surface area contributed by atoms with Gasteiger partial charge in [0.15, 0.2) is 11.7 Å². The number of pyridine rings is 2. The van der Waals surface area contributed by atoms with Crippen LogP contribution in [0, 0.1) is 6.92 Å². The van der Waals surface area contributed by atoms with Crippen LogP contribution < -0.4 is 15.4 Å². The van der Waals surface area contributed by atoms with E-state index in [-0.39, 0.29) is 18.2 Å². The molecule has 0 unspecified atom stereocenters. The van der Waals surface area contributed by atoms with E-state index in [1.165, 1.54) is 6.20 Å². The average Bonchev–Trinajstić information content (AvgIpc) is 3.48. The van der Waals surface area contributed by atoms with Crippen molar-refractivity contribution in [2.45, 2.75) is 26.2 Å². The lowest BCUT2D eigenvalue weighted by atomic mass is 10.1. The number of halogens is 2. The predicted molar refractivity (Wildman–Crippen MR) is 135 cm³/mol. The number of thiazole rings is 1. The zero-order chi connectivity index (χ0) is 26.0. The summed E-state index contributed by atoms with van der Waals surface area (Å²) in [5, 5.41) is 12.0. The zero-order valence-electron chi connectivity index (χ0n) is 19.8. The van der Waals surface area contributed by atoms with Crippen LogP contribution in [0.4, 0.5) is 19.7 Å². The summed E-state index contributed by atoms with van der Waals surface area (Å²) in [5.41, 5.74) is 1.28. The van der Waals surface area contributed by atoms with Gasteiger partial charge in [-0.2, -0.15) is 4.98 Å². The zero-order valence-corrected chi connectivity index (χ0v) is 20.6. The Hall–Kier alpha value is -4.26. The van der Waals surface area contributed by atoms with Crippen molar-refractivity contribution in [2.24, 2.45) is 0 Å². The van der Waals surface area contributed by atoms with Gasteiger partial charge in [0.1, 0.15) is 10.5 Å². The largest absolute Gasteiger partial charge is 0.470 e. The molecule has 0 atom stereocenters. The molecule has 2 N–H and O–H groups in total. The van der Waals surface area contributed by atoms with Crippen molar-refractivity contribution in [3.8, 4) is 17.3 Å². The van der Waals surface area contributed by atoms with Gasteiger partial charge in [0.2, 0.25) is 23.5 Å². The number of anilines is 2. The molecule has 10 nitrogen and oxygen atoms in total. The molecular formula is C24H21F2N7O3S. The smallest absolute Gasteiger partial charge is 0.278 e. The minimum atomic E-state index is -2.99. The van der Waals surface area contributed by atoms with E-state index in [9.17, 15) is 13.6 Å². The topological polar surface area (TPSA) is 128 Å². The Morgan fingerprint density at radius 1 is 1.16 bits per heavy atom. The standard InChI is InChI=1S/C24H21F2N7O3S/c1-13-30-20(33-36-13)15-4-3-14-5-8-27-21(16(14)11-15)28-10-7-18(34)32-23-31-17-6-9-29-22(19(17)37-23)35-12-24(2,25)26/h3-6,8-9,11H,7,10,12H2,1-2H3,(H,27,28)(H,31,32,34). The summed E-state index contributed by atoms with van der Waals surface area (Å²) in [7, 11) is 0. The average molecular weight is 526 g/mol. The lowest BCUT2D eigenvalue weighted by molar-refractivity contribution is -0.115. The van der Waals surface area contributed by atoms with Crippen LogP contribution in [-0.4, -0.2) is 50.1 Å². The molecule has 0 aliphatic rings. The van der Waals surface area contributed by atoms with Gasteiger partial charge < -0.3 is 19.9 Å². The first kappa shape index (κ1) is 24.4. The highest BCUT2D eigenvalue weighted by Gasteiger charge is 2.23. The van der Waals surface area contributed by atoms with Crippen LogP contribution in [0.15, 0.2) is 47.2 Å². The Morgan fingerprint density at radius 2 is 2.00 bits per heavy atom. The Balaban J connectivity index is 1.23. The second-order valence-electron chi connectivity index (χ2n) is 8.30. The Bertz CT molecular complexity index is 1580. The molecule has 190 valence electrons. The molecule has 1 amide bonds. The number of hydrogen-bond acceptors (Lipinski definition) is 10. The van der Waals surface area contributed by atoms with Crippen LogP contribution >= 0.6 is 11.3 Å². The van der Waals surface area contributed by atoms with Crippen LogP contribution in [0.5, 0.6) is 5.88 Å². The number of fused-ring (bicyclic) bond motifs is 2. The number of rotatable bonds is 9. The molecule has 0 radical (unpaired) electrons. The molecule has 0 fully saturated rings. The maximum atomic E-state index is 13.2. The third kappa shape index (κ3) is 5.77. The molecule has 0 saturated heterocycles. The van der Waals surface area contributed by atoms with E-state index in [4.69, 9.17) is 9.26 Å². The number of nitrogens with one attached hydrogen (secondary N) is 2. The molecule has 13 heteroatoms. The Kier molecular flexibility index (Phi) is 6.61. The second kappa shape index (κ2) is 10.0. The number of aromatic nitrogens is 5. The van der Waals surface area contributed by atoms with E-state index in [0.717, 1.165) is 34.6 Å². The van der Waals surface area contributed by atoms with Gasteiger partial charge >= 0.3 is 0 Å². The Morgan fingerprint density at radius 3 is 2.78 bits per heavy atom. The molecule has 37 heavy (non-hydrogen) atoms. The van der Waals surface area contributed by atoms with E-state index >= 15 is 0 Å². The summed E-state index contributed by atoms with van der Waals surface area (Å²) in [6.07, 6.45) is 3.25. The first-order valence-corrected chi connectivity index (χ1v) is 12.1. The van der Waals surface area contributed by atoms with Gasteiger partial charge in [-0.1, -0.05) is 28.6 Å². The number of alkyl halides is 2. The molecule has 5 aromatic rings. The van der Waals surface area contributed by atoms with Crippen molar-refractivity contribution in [3.63, 3.8) is 0 Å². The van der Waals surface area contributed by atoms with E-state index < -0.39 is 12.5 Å². The highest BCUT2D eigenvalue weighted by atomic mass is 32.1. The van der Waals surface area contributed by atoms with Crippen molar-refractivity contribution < 1.29 is 22.8 Å². The maximum absolute atomic E-state index is 13.2. The quantitative estimate of drug-likeness (QED) is 0.271. The molecule has 5 rings (SSSR count). The molecule has 0 bridgehead atoms. The van der Waals surface area contributed by atoms with Crippen LogP contribution in [0.2, 0.25) is 0 Å². The lowest BCUT2D eigenvalue weighted by Gasteiger charge is -2.11. The lowest BCUT2D eigenvalue weighted by Crippen LogP contribution is -2.21. The summed E-state index contributed by atoms with van der Waals surface area (Å²) in [6, 6.07) is 9.27. The first-order chi connectivity index (χ1) is 17.7. The number of ether oxygens (including phenoxy) is 1. The van der Waals surface area contributed by atoms with Crippen LogP contribution in [0.1, 0.15) is 19.2 Å². The summed E-state index contributed by atoms with van der Waals surface area (Å²) < 4.78 is 37.0. The summed E-state index contributed by atoms with van der Waals surface area (Å²) in [4.78, 5) is 29.6. The van der Waals surface area contributed by atoms with Gasteiger partial charge in [0, 0.05) is 50.2 Å². The minimum absolute atomic E-state index is 0.0519. The number of benzene rings is 1. The van der Waals surface area contributed by atoms with Crippen molar-refractivity contribution in [1.29, 1.82) is 0 Å². The van der Waals surface area contributed by atoms with E-state index in [1.807, 2.05) is 24.3 Å². The molecule has 4 heterocycles. The van der Waals surface area contributed by atoms with Crippen LogP contribution in [0.25, 0.3) is 32.4 Å². The maximum Gasteiger partial charge on any atom is 0.278 e. The number of carbonyl (C=O) groups is 1. The highest BCUT2D eigenvalue weighted by molar-refractivity contribution is 7.22. The second-order valence-corrected chi connectivity index (χ2v) is 9.30. The molecule has 0 spiro atoms. The summed E-state index contributed by atoms with van der Waals surface area (Å²) in [6.45, 7) is 2.00. The van der Waals surface area contributed by atoms with Gasteiger partial charge in [-0.25, -0.2) is 23.7 Å². The molecule has 0 aliphatic carbocycles. The SMILES string of the molecule is Cc1nc(-c2ccc3ccnc(NCCC(=O)Nc4nc5ccnc(OCC(C)(F)F)c5s4)c3c2)no1. The number of hydrogen-bond donors (Lipinski definition) is 2. The summed E-state index contributed by atoms with van der Waals surface area (Å²) in [5.74, 6) is -1.64. The van der Waals surface area contributed by atoms with Gasteiger partial charge in [-0.3, -0.25) is 4.79 Å². The van der Waals surface area contributed by atoms with Gasteiger partial charge in [-0.05, 0) is 23.6 Å². The predicted octanol–water partition coefficient (Wildman–Crippen LogP) is 5.07. The molecular weight excluding hydrogens is 504 g/mol. The van der Waals surface area contributed by atoms with Gasteiger partial charge in [0.05, 0.1) is 5.52 Å². The van der Waals surface area contributed by atoms with E-state index in [2.05, 4.69) is 35.7 Å². The third-order valence-electron chi connectivity index (χ3n) is 5.18. The van der Waals surface area contributed by atoms with Crippen molar-refractivity contribution in [3.05, 3.63) is 48.6 Å². The monoisotopic (exact) mass is 525 g/mol. The fourth-order valence-corrected chi connectivity index (χ4v) is 4.44. The third-order valence-corrected chi connectivity index (χ3v) is 6.15. The van der Waals surface area contributed by atoms with Crippen LogP contribution in [-0.2, 0) is 4.79 Å². The molecule has 0 saturated carbocycles. The number of carbonyl (C=O) groups excluding carboxylic acids is 1. The summed E-state index contributed by atoms with van der Waals surface area (Å²) >= 11 is 1.11. The first-order valence-electron chi connectivity index (χ1n) is 11.2. The van der Waals surface area contributed by atoms with E-state index in [1.54, 1.807) is 19.2 Å². The van der Waals surface area contributed by atoms with Gasteiger partial charge in [-0.15, -0.1) is 0 Å². The van der Waals surface area contributed by atoms with Gasteiger partial charge in [0.25, 0.3) is 5.92 Å².